The fourth-order valence-corrected chi connectivity index (χ4v) is 3.67. The van der Waals surface area contributed by atoms with Gasteiger partial charge in [0.05, 0.1) is 23.7 Å². The zero-order valence-corrected chi connectivity index (χ0v) is 19.5. The molecular formula is C24H24BrN3O4. The van der Waals surface area contributed by atoms with E-state index in [2.05, 4.69) is 31.2 Å². The number of anilines is 1. The summed E-state index contributed by atoms with van der Waals surface area (Å²) in [5.41, 5.74) is 3.78. The zero-order chi connectivity index (χ0) is 23.1. The minimum atomic E-state index is -0.423. The van der Waals surface area contributed by atoms with E-state index < -0.39 is 5.97 Å². The van der Waals surface area contributed by atoms with E-state index in [1.54, 1.807) is 12.1 Å². The number of aromatic amines is 1. The van der Waals surface area contributed by atoms with E-state index in [9.17, 15) is 14.4 Å². The smallest absolute Gasteiger partial charge is 0.338 e. The van der Waals surface area contributed by atoms with Gasteiger partial charge in [-0.1, -0.05) is 71.7 Å². The summed E-state index contributed by atoms with van der Waals surface area (Å²) in [4.78, 5) is 44.1. The van der Waals surface area contributed by atoms with Crippen LogP contribution in [-0.4, -0.2) is 34.3 Å². The number of H-pyrrole nitrogens is 1. The summed E-state index contributed by atoms with van der Waals surface area (Å²) in [6.07, 6.45) is 1.72. The van der Waals surface area contributed by atoms with Crippen molar-refractivity contribution < 1.29 is 14.3 Å². The van der Waals surface area contributed by atoms with Crippen molar-refractivity contribution in [2.45, 2.75) is 26.2 Å². The molecule has 3 rings (SSSR count). The number of nitrogens with one attached hydrogen (secondary N) is 2. The van der Waals surface area contributed by atoms with Gasteiger partial charge in [-0.15, -0.1) is 0 Å². The molecule has 3 aromatic rings. The summed E-state index contributed by atoms with van der Waals surface area (Å²) in [6.45, 7) is 2.00. The molecule has 8 heteroatoms. The maximum Gasteiger partial charge on any atom is 0.338 e. The number of aromatic nitrogens is 2. The number of esters is 1. The molecule has 0 unspecified atom stereocenters. The number of carbonyl (C=O) groups excluding carboxylic acids is 2. The van der Waals surface area contributed by atoms with E-state index in [-0.39, 0.29) is 22.7 Å². The Morgan fingerprint density at radius 1 is 1.09 bits per heavy atom. The van der Waals surface area contributed by atoms with Crippen molar-refractivity contribution in [2.75, 3.05) is 17.8 Å². The molecule has 1 aromatic heterocycles. The molecule has 0 radical (unpaired) electrons. The summed E-state index contributed by atoms with van der Waals surface area (Å²) < 4.78 is 4.94. The summed E-state index contributed by atoms with van der Waals surface area (Å²) in [6, 6.07) is 14.9. The number of alkyl halides is 1. The number of amides is 1. The Bertz CT molecular complexity index is 1190. The predicted molar refractivity (Wildman–Crippen MR) is 127 cm³/mol. The highest BCUT2D eigenvalue weighted by atomic mass is 79.9. The Balaban J connectivity index is 2.07. The Kier molecular flexibility index (Phi) is 7.94. The molecule has 1 amide bonds. The van der Waals surface area contributed by atoms with Crippen LogP contribution in [0, 0.1) is 0 Å². The second kappa shape index (κ2) is 10.9. The average molecular weight is 498 g/mol. The molecule has 0 aliphatic rings. The van der Waals surface area contributed by atoms with Crippen molar-refractivity contribution in [3.8, 4) is 11.1 Å². The minimum absolute atomic E-state index is 0.106. The first-order chi connectivity index (χ1) is 15.5. The van der Waals surface area contributed by atoms with Crippen LogP contribution < -0.4 is 10.9 Å². The van der Waals surface area contributed by atoms with Crippen molar-refractivity contribution in [1.82, 2.24) is 9.97 Å². The molecular weight excluding hydrogens is 474 g/mol. The first-order valence-electron chi connectivity index (χ1n) is 10.2. The van der Waals surface area contributed by atoms with Crippen molar-refractivity contribution >= 4 is 33.8 Å². The number of halogens is 1. The maximum absolute atomic E-state index is 12.9. The lowest BCUT2D eigenvalue weighted by Gasteiger charge is -2.15. The summed E-state index contributed by atoms with van der Waals surface area (Å²) in [5.74, 6) is -0.586. The molecule has 0 saturated carbocycles. The molecule has 2 N–H and O–H groups in total. The highest BCUT2D eigenvalue weighted by Crippen LogP contribution is 2.29. The number of ether oxygens (including phenoxy) is 1. The second-order valence-corrected chi connectivity index (χ2v) is 7.70. The first-order valence-corrected chi connectivity index (χ1v) is 11.3. The molecule has 1 heterocycles. The molecule has 0 bridgehead atoms. The van der Waals surface area contributed by atoms with E-state index in [0.717, 1.165) is 23.1 Å². The number of methoxy groups -OCH3 is 1. The topological polar surface area (TPSA) is 101 Å². The zero-order valence-electron chi connectivity index (χ0n) is 17.9. The van der Waals surface area contributed by atoms with E-state index >= 15 is 0 Å². The molecule has 32 heavy (non-hydrogen) atoms. The first kappa shape index (κ1) is 23.4. The molecule has 0 saturated heterocycles. The molecule has 0 fully saturated rings. The predicted octanol–water partition coefficient (Wildman–Crippen LogP) is 4.10. The van der Waals surface area contributed by atoms with Crippen LogP contribution in [0.1, 0.15) is 40.5 Å². The van der Waals surface area contributed by atoms with Crippen LogP contribution in [-0.2, 0) is 22.4 Å². The van der Waals surface area contributed by atoms with Gasteiger partial charge in [0.15, 0.2) is 0 Å². The summed E-state index contributed by atoms with van der Waals surface area (Å²) in [7, 11) is 1.35. The quantitative estimate of drug-likeness (QED) is 0.360. The Hall–Kier alpha value is -3.26. The lowest BCUT2D eigenvalue weighted by atomic mass is 9.91. The minimum Gasteiger partial charge on any atom is -0.465 e. The number of nitrogens with zero attached hydrogens (tertiary/aromatic N) is 1. The highest BCUT2D eigenvalue weighted by Gasteiger charge is 2.18. The number of carbonyl (C=O) groups is 2. The normalized spacial score (nSPS) is 10.6. The molecule has 166 valence electrons. The number of rotatable bonds is 8. The lowest BCUT2D eigenvalue weighted by Crippen LogP contribution is -2.23. The Morgan fingerprint density at radius 3 is 2.47 bits per heavy atom. The van der Waals surface area contributed by atoms with Gasteiger partial charge in [-0.2, -0.15) is 0 Å². The number of hydrogen-bond donors (Lipinski definition) is 2. The number of benzene rings is 2. The van der Waals surface area contributed by atoms with Gasteiger partial charge in [0, 0.05) is 12.0 Å². The van der Waals surface area contributed by atoms with Crippen molar-refractivity contribution in [3.05, 3.63) is 81.3 Å². The monoisotopic (exact) mass is 497 g/mol. The number of hydrogen-bond acceptors (Lipinski definition) is 5. The van der Waals surface area contributed by atoms with Gasteiger partial charge >= 0.3 is 5.97 Å². The molecule has 7 nitrogen and oxygen atoms in total. The molecule has 0 spiro atoms. The van der Waals surface area contributed by atoms with E-state index in [1.165, 1.54) is 7.11 Å². The maximum atomic E-state index is 12.9. The van der Waals surface area contributed by atoms with Gasteiger partial charge in [0.25, 0.3) is 5.56 Å². The molecule has 0 aliphatic carbocycles. The van der Waals surface area contributed by atoms with Gasteiger partial charge in [0.1, 0.15) is 0 Å². The second-order valence-electron chi connectivity index (χ2n) is 7.14. The van der Waals surface area contributed by atoms with Gasteiger partial charge < -0.3 is 4.74 Å². The third-order valence-electron chi connectivity index (χ3n) is 4.97. The third-order valence-corrected chi connectivity index (χ3v) is 5.48. The van der Waals surface area contributed by atoms with Crippen LogP contribution >= 0.6 is 15.9 Å². The lowest BCUT2D eigenvalue weighted by molar-refractivity contribution is -0.113. The van der Waals surface area contributed by atoms with Crippen LogP contribution in [0.25, 0.3) is 11.1 Å². The van der Waals surface area contributed by atoms with Gasteiger partial charge in [0.2, 0.25) is 11.9 Å². The van der Waals surface area contributed by atoms with Crippen molar-refractivity contribution in [2.24, 2.45) is 0 Å². The van der Waals surface area contributed by atoms with Gasteiger partial charge in [-0.3, -0.25) is 19.9 Å². The van der Waals surface area contributed by atoms with Crippen LogP contribution in [0.2, 0.25) is 0 Å². The highest BCUT2D eigenvalue weighted by molar-refractivity contribution is 9.09. The summed E-state index contributed by atoms with van der Waals surface area (Å²) >= 11 is 3.09. The standard InChI is InChI=1S/C24H24BrN3O4/c1-3-8-20-19(22(30)28-24(26-20)27-21(29)14-25)13-15-9-4-5-10-16(15)17-11-6-7-12-18(17)23(31)32-2/h4-7,9-12H,3,8,13-14H2,1-2H3,(H2,26,27,28,29,30). The average Bonchev–Trinajstić information content (AvgIpc) is 2.81. The van der Waals surface area contributed by atoms with Crippen LogP contribution in [0.3, 0.4) is 0 Å². The van der Waals surface area contributed by atoms with Crippen LogP contribution in [0.15, 0.2) is 53.3 Å². The molecule has 0 atom stereocenters. The summed E-state index contributed by atoms with van der Waals surface area (Å²) in [5, 5.41) is 2.69. The van der Waals surface area contributed by atoms with Crippen LogP contribution in [0.4, 0.5) is 5.95 Å². The van der Waals surface area contributed by atoms with Gasteiger partial charge in [-0.25, -0.2) is 9.78 Å². The van der Waals surface area contributed by atoms with E-state index in [1.807, 2.05) is 43.3 Å². The van der Waals surface area contributed by atoms with Gasteiger partial charge in [-0.05, 0) is 29.2 Å². The SMILES string of the molecule is CCCc1nc(NC(=O)CBr)[nH]c(=O)c1Cc1ccccc1-c1ccccc1C(=O)OC. The fourth-order valence-electron chi connectivity index (χ4n) is 3.53. The molecule has 0 aliphatic heterocycles. The fraction of sp³-hybridized carbons (Fsp3) is 0.250. The van der Waals surface area contributed by atoms with E-state index in [4.69, 9.17) is 4.74 Å². The van der Waals surface area contributed by atoms with E-state index in [0.29, 0.717) is 29.7 Å². The Labute approximate surface area is 194 Å². The van der Waals surface area contributed by atoms with Crippen LogP contribution in [0.5, 0.6) is 0 Å². The third kappa shape index (κ3) is 5.31. The largest absolute Gasteiger partial charge is 0.465 e. The molecule has 2 aromatic carbocycles. The van der Waals surface area contributed by atoms with Crippen molar-refractivity contribution in [3.63, 3.8) is 0 Å². The Morgan fingerprint density at radius 2 is 1.78 bits per heavy atom. The van der Waals surface area contributed by atoms with Crippen molar-refractivity contribution in [1.29, 1.82) is 0 Å². The number of aryl methyl sites for hydroxylation is 1.